The van der Waals surface area contributed by atoms with Crippen LogP contribution in [-0.4, -0.2) is 36.3 Å². The molecule has 0 fully saturated rings. The number of pyridine rings is 1. The number of hydrogen-bond acceptors (Lipinski definition) is 4. The molecule has 2 heterocycles. The zero-order valence-electron chi connectivity index (χ0n) is 17.0. The second kappa shape index (κ2) is 8.93. The molecule has 4 aromatic rings. The lowest BCUT2D eigenvalue weighted by Gasteiger charge is -2.09. The first-order chi connectivity index (χ1) is 15.0. The maximum Gasteiger partial charge on any atom is 0.323 e. The Labute approximate surface area is 183 Å². The van der Waals surface area contributed by atoms with Crippen LogP contribution in [0.1, 0.15) is 0 Å². The first-order valence-electron chi connectivity index (χ1n) is 9.50. The Bertz CT molecular complexity index is 1250. The van der Waals surface area contributed by atoms with E-state index in [-0.39, 0.29) is 0 Å². The van der Waals surface area contributed by atoms with E-state index in [1.54, 1.807) is 29.9 Å². The van der Waals surface area contributed by atoms with Gasteiger partial charge in [-0.15, -0.1) is 11.3 Å². The fourth-order valence-corrected chi connectivity index (χ4v) is 4.00. The highest BCUT2D eigenvalue weighted by molar-refractivity contribution is 7.17. The van der Waals surface area contributed by atoms with Gasteiger partial charge in [0.15, 0.2) is 5.82 Å². The van der Waals surface area contributed by atoms with Crippen LogP contribution in [-0.2, 0) is 0 Å². The van der Waals surface area contributed by atoms with Crippen LogP contribution >= 0.6 is 11.3 Å². The second-order valence-electron chi connectivity index (χ2n) is 7.03. The number of aromatic nitrogens is 1. The van der Waals surface area contributed by atoms with Crippen molar-refractivity contribution in [2.75, 3.05) is 24.7 Å². The van der Waals surface area contributed by atoms with Gasteiger partial charge in [-0.05, 0) is 47.3 Å². The first kappa shape index (κ1) is 20.5. The van der Waals surface area contributed by atoms with Crippen molar-refractivity contribution in [2.45, 2.75) is 0 Å². The van der Waals surface area contributed by atoms with Crippen LogP contribution < -0.4 is 10.6 Å². The Balaban J connectivity index is 1.54. The molecule has 0 radical (unpaired) electrons. The summed E-state index contributed by atoms with van der Waals surface area (Å²) in [4.78, 5) is 23.0. The standard InChI is InChI=1S/C23H20FN5OS/c1-29(2)14-26-22-21-19(13-31-20(21)10-11-25-22)15-6-8-17(9-7-15)27-23(30)28-18-5-3-4-16(24)12-18/h3-14H,1-2H3,(H2,27,28,30). The number of urea groups is 1. The van der Waals surface area contributed by atoms with E-state index in [4.69, 9.17) is 0 Å². The van der Waals surface area contributed by atoms with Crippen molar-refractivity contribution in [3.8, 4) is 11.1 Å². The van der Waals surface area contributed by atoms with Gasteiger partial charge >= 0.3 is 6.03 Å². The Morgan fingerprint density at radius 3 is 2.61 bits per heavy atom. The maximum atomic E-state index is 13.3. The Hall–Kier alpha value is -3.78. The fraction of sp³-hybridized carbons (Fsp3) is 0.0870. The van der Waals surface area contributed by atoms with E-state index >= 15 is 0 Å². The quantitative estimate of drug-likeness (QED) is 0.301. The predicted octanol–water partition coefficient (Wildman–Crippen LogP) is 5.97. The van der Waals surface area contributed by atoms with Crippen molar-refractivity contribution in [1.29, 1.82) is 0 Å². The van der Waals surface area contributed by atoms with Gasteiger partial charge in [-0.25, -0.2) is 19.2 Å². The third-order valence-electron chi connectivity index (χ3n) is 4.41. The largest absolute Gasteiger partial charge is 0.369 e. The zero-order chi connectivity index (χ0) is 21.8. The maximum absolute atomic E-state index is 13.3. The van der Waals surface area contributed by atoms with E-state index in [1.807, 2.05) is 49.3 Å². The Morgan fingerprint density at radius 2 is 1.87 bits per heavy atom. The molecule has 0 aliphatic heterocycles. The molecule has 0 saturated heterocycles. The van der Waals surface area contributed by atoms with Gasteiger partial charge in [0, 0.05) is 47.3 Å². The molecule has 0 unspecified atom stereocenters. The van der Waals surface area contributed by atoms with Gasteiger partial charge in [0.05, 0.1) is 6.34 Å². The summed E-state index contributed by atoms with van der Waals surface area (Å²) < 4.78 is 14.4. The van der Waals surface area contributed by atoms with Crippen molar-refractivity contribution in [2.24, 2.45) is 4.99 Å². The van der Waals surface area contributed by atoms with Gasteiger partial charge in [0.25, 0.3) is 0 Å². The summed E-state index contributed by atoms with van der Waals surface area (Å²) in [5.74, 6) is 0.257. The average Bonchev–Trinajstić information content (AvgIpc) is 3.17. The molecule has 2 aromatic carbocycles. The smallest absolute Gasteiger partial charge is 0.323 e. The van der Waals surface area contributed by atoms with Crippen LogP contribution in [0.25, 0.3) is 21.2 Å². The minimum atomic E-state index is -0.441. The number of hydrogen-bond donors (Lipinski definition) is 2. The molecule has 0 aliphatic rings. The minimum Gasteiger partial charge on any atom is -0.369 e. The molecule has 0 bridgehead atoms. The van der Waals surface area contributed by atoms with Crippen molar-refractivity contribution < 1.29 is 9.18 Å². The number of aliphatic imine (C=N–C) groups is 1. The van der Waals surface area contributed by atoms with Crippen LogP contribution in [0.15, 0.2) is 71.2 Å². The lowest BCUT2D eigenvalue weighted by molar-refractivity contribution is 0.262. The third-order valence-corrected chi connectivity index (χ3v) is 5.36. The summed E-state index contributed by atoms with van der Waals surface area (Å²) in [5.41, 5.74) is 3.05. The molecular weight excluding hydrogens is 413 g/mol. The first-order valence-corrected chi connectivity index (χ1v) is 10.4. The molecule has 4 rings (SSSR count). The lowest BCUT2D eigenvalue weighted by atomic mass is 10.0. The Morgan fingerprint density at radius 1 is 1.10 bits per heavy atom. The lowest BCUT2D eigenvalue weighted by Crippen LogP contribution is -2.19. The molecule has 0 aliphatic carbocycles. The monoisotopic (exact) mass is 433 g/mol. The number of benzene rings is 2. The van der Waals surface area contributed by atoms with Gasteiger partial charge in [-0.1, -0.05) is 18.2 Å². The molecule has 31 heavy (non-hydrogen) atoms. The SMILES string of the molecule is CN(C)C=Nc1nccc2scc(-c3ccc(NC(=O)Nc4cccc(F)c4)cc3)c12. The number of nitrogens with zero attached hydrogens (tertiary/aromatic N) is 3. The summed E-state index contributed by atoms with van der Waals surface area (Å²) in [6.07, 6.45) is 3.49. The van der Waals surface area contributed by atoms with Crippen LogP contribution in [0.5, 0.6) is 0 Å². The van der Waals surface area contributed by atoms with Gasteiger partial charge in [0.2, 0.25) is 0 Å². The van der Waals surface area contributed by atoms with Gasteiger partial charge in [-0.3, -0.25) is 0 Å². The molecular formula is C23H20FN5OS. The summed E-state index contributed by atoms with van der Waals surface area (Å²) in [6.45, 7) is 0. The van der Waals surface area contributed by atoms with E-state index in [2.05, 4.69) is 26.0 Å². The van der Waals surface area contributed by atoms with Crippen LogP contribution in [0.2, 0.25) is 0 Å². The second-order valence-corrected chi connectivity index (χ2v) is 7.94. The number of fused-ring (bicyclic) bond motifs is 1. The zero-order valence-corrected chi connectivity index (χ0v) is 17.8. The van der Waals surface area contributed by atoms with Crippen molar-refractivity contribution >= 4 is 51.0 Å². The number of nitrogens with one attached hydrogen (secondary N) is 2. The highest BCUT2D eigenvalue weighted by atomic mass is 32.1. The summed E-state index contributed by atoms with van der Waals surface area (Å²) in [7, 11) is 3.82. The summed E-state index contributed by atoms with van der Waals surface area (Å²) in [5, 5.41) is 8.44. The fourth-order valence-electron chi connectivity index (χ4n) is 3.04. The minimum absolute atomic E-state index is 0.386. The molecule has 6 nitrogen and oxygen atoms in total. The van der Waals surface area contributed by atoms with Crippen molar-refractivity contribution in [3.63, 3.8) is 0 Å². The van der Waals surface area contributed by atoms with Gasteiger partial charge < -0.3 is 15.5 Å². The molecule has 0 saturated carbocycles. The molecule has 156 valence electrons. The molecule has 8 heteroatoms. The van der Waals surface area contributed by atoms with Crippen LogP contribution in [0.3, 0.4) is 0 Å². The Kier molecular flexibility index (Phi) is 5.90. The number of carbonyl (C=O) groups is 1. The van der Waals surface area contributed by atoms with E-state index < -0.39 is 11.8 Å². The van der Waals surface area contributed by atoms with E-state index in [9.17, 15) is 9.18 Å². The van der Waals surface area contributed by atoms with Crippen LogP contribution in [0, 0.1) is 5.82 Å². The topological polar surface area (TPSA) is 69.6 Å². The molecule has 2 N–H and O–H groups in total. The van der Waals surface area contributed by atoms with Crippen molar-refractivity contribution in [3.05, 3.63) is 72.0 Å². The van der Waals surface area contributed by atoms with Crippen molar-refractivity contribution in [1.82, 2.24) is 9.88 Å². The number of halogens is 1. The number of rotatable bonds is 5. The predicted molar refractivity (Wildman–Crippen MR) is 126 cm³/mol. The van der Waals surface area contributed by atoms with Gasteiger partial charge in [0.1, 0.15) is 5.82 Å². The van der Waals surface area contributed by atoms with Gasteiger partial charge in [-0.2, -0.15) is 0 Å². The highest BCUT2D eigenvalue weighted by Gasteiger charge is 2.12. The summed E-state index contributed by atoms with van der Waals surface area (Å²) in [6, 6.07) is 14.8. The number of carbonyl (C=O) groups excluding carboxylic acids is 1. The molecule has 2 amide bonds. The van der Waals surface area contributed by atoms with Crippen LogP contribution in [0.4, 0.5) is 26.4 Å². The number of anilines is 2. The normalized spacial score (nSPS) is 11.1. The number of thiophene rings is 1. The molecule has 0 spiro atoms. The highest BCUT2D eigenvalue weighted by Crippen LogP contribution is 2.38. The summed E-state index contributed by atoms with van der Waals surface area (Å²) >= 11 is 1.64. The molecule has 0 atom stereocenters. The van der Waals surface area contributed by atoms with E-state index in [0.29, 0.717) is 17.2 Å². The number of amides is 2. The third kappa shape index (κ3) is 4.87. The average molecular weight is 434 g/mol. The molecule has 2 aromatic heterocycles. The van der Waals surface area contributed by atoms with E-state index in [0.717, 1.165) is 21.2 Å². The van der Waals surface area contributed by atoms with E-state index in [1.165, 1.54) is 18.2 Å².